The first kappa shape index (κ1) is 15.6. The highest BCUT2D eigenvalue weighted by Gasteiger charge is 2.25. The average Bonchev–Trinajstić information content (AvgIpc) is 3.08. The van der Waals surface area contributed by atoms with Crippen molar-refractivity contribution in [1.29, 1.82) is 0 Å². The van der Waals surface area contributed by atoms with E-state index in [1.54, 1.807) is 12.4 Å². The predicted molar refractivity (Wildman–Crippen MR) is 95.4 cm³/mol. The number of hydrogen-bond acceptors (Lipinski definition) is 5. The van der Waals surface area contributed by atoms with Crippen LogP contribution in [0.15, 0.2) is 36.7 Å². The summed E-state index contributed by atoms with van der Waals surface area (Å²) in [5.74, 6) is 0.853. The van der Waals surface area contributed by atoms with Gasteiger partial charge in [-0.1, -0.05) is 0 Å². The van der Waals surface area contributed by atoms with Crippen LogP contribution in [0.2, 0.25) is 0 Å². The number of likely N-dealkylation sites (tertiary alicyclic amines) is 1. The highest BCUT2D eigenvalue weighted by Crippen LogP contribution is 2.21. The molecule has 1 saturated heterocycles. The molecule has 25 heavy (non-hydrogen) atoms. The van der Waals surface area contributed by atoms with Gasteiger partial charge in [0.1, 0.15) is 11.5 Å². The van der Waals surface area contributed by atoms with Gasteiger partial charge < -0.3 is 15.2 Å². The Bertz CT molecular complexity index is 880. The Kier molecular flexibility index (Phi) is 4.05. The Morgan fingerprint density at radius 3 is 2.84 bits per heavy atom. The standard InChI is InChI=1S/C18H20N6O/c1-12-4-5-16(23-22-12)21-13-6-9-24(10-7-13)18(25)15-11-20-17-14(15)3-2-8-19-17/h2-5,8,11,13H,6-7,9-10H2,1H3,(H,19,20)(H,21,23). The zero-order chi connectivity index (χ0) is 17.2. The number of fused-ring (bicyclic) bond motifs is 1. The summed E-state index contributed by atoms with van der Waals surface area (Å²) < 4.78 is 0. The largest absolute Gasteiger partial charge is 0.366 e. The van der Waals surface area contributed by atoms with Crippen LogP contribution in [-0.2, 0) is 0 Å². The molecule has 0 spiro atoms. The number of aryl methyl sites for hydroxylation is 1. The number of H-pyrrole nitrogens is 1. The molecule has 0 aromatic carbocycles. The van der Waals surface area contributed by atoms with E-state index in [4.69, 9.17) is 0 Å². The number of rotatable bonds is 3. The van der Waals surface area contributed by atoms with Gasteiger partial charge in [-0.05, 0) is 44.0 Å². The monoisotopic (exact) mass is 336 g/mol. The summed E-state index contributed by atoms with van der Waals surface area (Å²) in [6, 6.07) is 7.98. The van der Waals surface area contributed by atoms with Gasteiger partial charge in [-0.15, -0.1) is 5.10 Å². The lowest BCUT2D eigenvalue weighted by Gasteiger charge is -2.32. The van der Waals surface area contributed by atoms with Crippen LogP contribution in [-0.4, -0.2) is 50.1 Å². The number of aromatic amines is 1. The zero-order valence-electron chi connectivity index (χ0n) is 14.1. The quantitative estimate of drug-likeness (QED) is 0.767. The molecule has 3 aromatic heterocycles. The summed E-state index contributed by atoms with van der Waals surface area (Å²) in [5.41, 5.74) is 2.35. The van der Waals surface area contributed by atoms with Crippen molar-refractivity contribution >= 4 is 22.8 Å². The van der Waals surface area contributed by atoms with E-state index in [0.717, 1.165) is 48.5 Å². The van der Waals surface area contributed by atoms with E-state index >= 15 is 0 Å². The number of piperidine rings is 1. The molecule has 0 saturated carbocycles. The van der Waals surface area contributed by atoms with Crippen LogP contribution in [0, 0.1) is 6.92 Å². The lowest BCUT2D eigenvalue weighted by atomic mass is 10.0. The molecule has 1 aliphatic rings. The molecule has 7 heteroatoms. The van der Waals surface area contributed by atoms with Crippen LogP contribution < -0.4 is 5.32 Å². The Hall–Kier alpha value is -2.96. The topological polar surface area (TPSA) is 86.8 Å². The Labute approximate surface area is 145 Å². The normalized spacial score (nSPS) is 15.5. The first-order chi connectivity index (χ1) is 12.2. The summed E-state index contributed by atoms with van der Waals surface area (Å²) in [6.07, 6.45) is 5.26. The molecule has 7 nitrogen and oxygen atoms in total. The minimum Gasteiger partial charge on any atom is -0.366 e. The lowest BCUT2D eigenvalue weighted by Crippen LogP contribution is -2.42. The van der Waals surface area contributed by atoms with Gasteiger partial charge in [-0.2, -0.15) is 5.10 Å². The molecule has 1 amide bonds. The molecule has 0 bridgehead atoms. The highest BCUT2D eigenvalue weighted by molar-refractivity contribution is 6.05. The Morgan fingerprint density at radius 1 is 1.24 bits per heavy atom. The van der Waals surface area contributed by atoms with Gasteiger partial charge in [0.15, 0.2) is 0 Å². The molecule has 1 aliphatic heterocycles. The molecule has 4 rings (SSSR count). The second-order valence-corrected chi connectivity index (χ2v) is 6.37. The van der Waals surface area contributed by atoms with Crippen molar-refractivity contribution in [1.82, 2.24) is 25.1 Å². The molecule has 4 heterocycles. The van der Waals surface area contributed by atoms with E-state index < -0.39 is 0 Å². The van der Waals surface area contributed by atoms with Crippen LogP contribution in [0.25, 0.3) is 11.0 Å². The van der Waals surface area contributed by atoms with E-state index in [1.807, 2.05) is 36.1 Å². The Morgan fingerprint density at radius 2 is 2.08 bits per heavy atom. The average molecular weight is 336 g/mol. The van der Waals surface area contributed by atoms with Crippen LogP contribution in [0.1, 0.15) is 28.9 Å². The molecular formula is C18H20N6O. The maximum atomic E-state index is 12.8. The molecule has 0 radical (unpaired) electrons. The fraction of sp³-hybridized carbons (Fsp3) is 0.333. The molecular weight excluding hydrogens is 316 g/mol. The van der Waals surface area contributed by atoms with Gasteiger partial charge in [0.2, 0.25) is 0 Å². The van der Waals surface area contributed by atoms with E-state index in [9.17, 15) is 4.79 Å². The first-order valence-electron chi connectivity index (χ1n) is 8.49. The third-order valence-corrected chi connectivity index (χ3v) is 4.61. The molecule has 2 N–H and O–H groups in total. The fourth-order valence-corrected chi connectivity index (χ4v) is 3.22. The predicted octanol–water partition coefficient (Wildman–Crippen LogP) is 2.38. The van der Waals surface area contributed by atoms with Crippen molar-refractivity contribution in [3.05, 3.63) is 47.9 Å². The van der Waals surface area contributed by atoms with Crippen LogP contribution >= 0.6 is 0 Å². The lowest BCUT2D eigenvalue weighted by molar-refractivity contribution is 0.0720. The number of carbonyl (C=O) groups excluding carboxylic acids is 1. The molecule has 0 unspecified atom stereocenters. The summed E-state index contributed by atoms with van der Waals surface area (Å²) in [7, 11) is 0. The van der Waals surface area contributed by atoms with Crippen molar-refractivity contribution in [3.8, 4) is 0 Å². The number of amides is 1. The smallest absolute Gasteiger partial charge is 0.256 e. The second kappa shape index (κ2) is 6.51. The molecule has 1 fully saturated rings. The minimum atomic E-state index is 0.0628. The van der Waals surface area contributed by atoms with Crippen LogP contribution in [0.5, 0.6) is 0 Å². The second-order valence-electron chi connectivity index (χ2n) is 6.37. The van der Waals surface area contributed by atoms with Gasteiger partial charge in [0.05, 0.1) is 11.3 Å². The van der Waals surface area contributed by atoms with Gasteiger partial charge in [0, 0.05) is 36.9 Å². The maximum Gasteiger partial charge on any atom is 0.256 e. The number of nitrogens with zero attached hydrogens (tertiary/aromatic N) is 4. The van der Waals surface area contributed by atoms with E-state index in [2.05, 4.69) is 25.5 Å². The maximum absolute atomic E-state index is 12.8. The van der Waals surface area contributed by atoms with Gasteiger partial charge >= 0.3 is 0 Å². The summed E-state index contributed by atoms with van der Waals surface area (Å²) in [5, 5.41) is 12.5. The first-order valence-corrected chi connectivity index (χ1v) is 8.49. The summed E-state index contributed by atoms with van der Waals surface area (Å²) in [6.45, 7) is 3.37. The van der Waals surface area contributed by atoms with E-state index in [1.165, 1.54) is 0 Å². The SMILES string of the molecule is Cc1ccc(NC2CCN(C(=O)c3c[nH]c4ncccc34)CC2)nn1. The van der Waals surface area contributed by atoms with Gasteiger partial charge in [-0.3, -0.25) is 4.79 Å². The van der Waals surface area contributed by atoms with E-state index in [-0.39, 0.29) is 5.91 Å². The minimum absolute atomic E-state index is 0.0628. The zero-order valence-corrected chi connectivity index (χ0v) is 14.1. The van der Waals surface area contributed by atoms with Crippen molar-refractivity contribution in [2.75, 3.05) is 18.4 Å². The number of carbonyl (C=O) groups is 1. The van der Waals surface area contributed by atoms with Crippen molar-refractivity contribution in [2.45, 2.75) is 25.8 Å². The molecule has 0 atom stereocenters. The number of aromatic nitrogens is 4. The number of anilines is 1. The van der Waals surface area contributed by atoms with Crippen LogP contribution in [0.3, 0.4) is 0 Å². The Balaban J connectivity index is 1.39. The third-order valence-electron chi connectivity index (χ3n) is 4.61. The van der Waals surface area contributed by atoms with Gasteiger partial charge in [0.25, 0.3) is 5.91 Å². The van der Waals surface area contributed by atoms with Crippen LogP contribution in [0.4, 0.5) is 5.82 Å². The third kappa shape index (κ3) is 3.17. The van der Waals surface area contributed by atoms with Crippen molar-refractivity contribution < 1.29 is 4.79 Å². The molecule has 0 aliphatic carbocycles. The fourth-order valence-electron chi connectivity index (χ4n) is 3.22. The van der Waals surface area contributed by atoms with Crippen molar-refractivity contribution in [3.63, 3.8) is 0 Å². The number of hydrogen-bond donors (Lipinski definition) is 2. The molecule has 3 aromatic rings. The van der Waals surface area contributed by atoms with E-state index in [0.29, 0.717) is 11.6 Å². The number of nitrogens with one attached hydrogen (secondary N) is 2. The highest BCUT2D eigenvalue weighted by atomic mass is 16.2. The summed E-state index contributed by atoms with van der Waals surface area (Å²) in [4.78, 5) is 22.0. The summed E-state index contributed by atoms with van der Waals surface area (Å²) >= 11 is 0. The molecule has 128 valence electrons. The van der Waals surface area contributed by atoms with Gasteiger partial charge in [-0.25, -0.2) is 4.98 Å². The van der Waals surface area contributed by atoms with Crippen molar-refractivity contribution in [2.24, 2.45) is 0 Å². The number of pyridine rings is 1.